The van der Waals surface area contributed by atoms with Crippen LogP contribution in [0.25, 0.3) is 0 Å². The molecule has 108 valence electrons. The number of benzene rings is 1. The Morgan fingerprint density at radius 3 is 2.58 bits per heavy atom. The van der Waals surface area contributed by atoms with Gasteiger partial charge in [0.05, 0.1) is 13.2 Å². The van der Waals surface area contributed by atoms with E-state index >= 15 is 0 Å². The van der Waals surface area contributed by atoms with Gasteiger partial charge in [-0.15, -0.1) is 0 Å². The topological polar surface area (TPSA) is 41.5 Å². The minimum absolute atomic E-state index is 0.109. The number of hydrogen-bond donors (Lipinski definition) is 2. The molecule has 0 amide bonds. The Kier molecular flexibility index (Phi) is 5.83. The number of ether oxygens (including phenoxy) is 1. The van der Waals surface area contributed by atoms with Crippen molar-refractivity contribution >= 4 is 0 Å². The van der Waals surface area contributed by atoms with Gasteiger partial charge in [0.1, 0.15) is 5.75 Å². The smallest absolute Gasteiger partial charge is 0.123 e. The number of aryl methyl sites for hydroxylation is 1. The summed E-state index contributed by atoms with van der Waals surface area (Å²) in [6.45, 7) is 9.11. The highest BCUT2D eigenvalue weighted by Crippen LogP contribution is 2.27. The molecule has 0 saturated carbocycles. The fourth-order valence-electron chi connectivity index (χ4n) is 1.91. The Bertz CT molecular complexity index is 398. The van der Waals surface area contributed by atoms with Crippen LogP contribution < -0.4 is 10.1 Å². The summed E-state index contributed by atoms with van der Waals surface area (Å²) in [7, 11) is 1.86. The molecule has 0 saturated heterocycles. The molecule has 1 unspecified atom stereocenters. The van der Waals surface area contributed by atoms with Crippen LogP contribution in [0, 0.1) is 6.92 Å². The largest absolute Gasteiger partial charge is 0.493 e. The molecule has 3 heteroatoms. The van der Waals surface area contributed by atoms with Crippen molar-refractivity contribution < 1.29 is 9.84 Å². The Labute approximate surface area is 117 Å². The lowest BCUT2D eigenvalue weighted by atomic mass is 9.99. The highest BCUT2D eigenvalue weighted by molar-refractivity contribution is 5.39. The fraction of sp³-hybridized carbons (Fsp3) is 0.625. The molecular weight excluding hydrogens is 238 g/mol. The Balaban J connectivity index is 2.69. The molecule has 19 heavy (non-hydrogen) atoms. The fourth-order valence-corrected chi connectivity index (χ4v) is 1.91. The summed E-state index contributed by atoms with van der Waals surface area (Å²) in [4.78, 5) is 0. The number of hydrogen-bond acceptors (Lipinski definition) is 3. The lowest BCUT2D eigenvalue weighted by Crippen LogP contribution is -2.44. The molecule has 0 aliphatic heterocycles. The highest BCUT2D eigenvalue weighted by atomic mass is 16.5. The second-order valence-electron chi connectivity index (χ2n) is 5.76. The maximum absolute atomic E-state index is 9.35. The average molecular weight is 265 g/mol. The number of nitrogens with one attached hydrogen (secondary N) is 1. The van der Waals surface area contributed by atoms with Crippen molar-refractivity contribution in [2.75, 3.05) is 20.3 Å². The van der Waals surface area contributed by atoms with Crippen molar-refractivity contribution in [2.45, 2.75) is 45.6 Å². The SMILES string of the molecule is CNC(C)(CO)CCOc1cc(C)ccc1C(C)C. The number of aliphatic hydroxyl groups is 1. The van der Waals surface area contributed by atoms with Gasteiger partial charge in [0.15, 0.2) is 0 Å². The molecule has 0 aromatic heterocycles. The van der Waals surface area contributed by atoms with Crippen LogP contribution in [0.15, 0.2) is 18.2 Å². The predicted octanol–water partition coefficient (Wildman–Crippen LogP) is 2.86. The van der Waals surface area contributed by atoms with Crippen LogP contribution >= 0.6 is 0 Å². The van der Waals surface area contributed by atoms with E-state index < -0.39 is 0 Å². The van der Waals surface area contributed by atoms with E-state index in [1.165, 1.54) is 11.1 Å². The first-order valence-corrected chi connectivity index (χ1v) is 6.95. The van der Waals surface area contributed by atoms with Gasteiger partial charge in [0.25, 0.3) is 0 Å². The van der Waals surface area contributed by atoms with Crippen molar-refractivity contribution in [3.8, 4) is 5.75 Å². The minimum Gasteiger partial charge on any atom is -0.493 e. The monoisotopic (exact) mass is 265 g/mol. The van der Waals surface area contributed by atoms with Gasteiger partial charge < -0.3 is 15.2 Å². The maximum atomic E-state index is 9.35. The van der Waals surface area contributed by atoms with E-state index in [0.29, 0.717) is 12.5 Å². The van der Waals surface area contributed by atoms with Crippen molar-refractivity contribution in [3.63, 3.8) is 0 Å². The van der Waals surface area contributed by atoms with Crippen LogP contribution in [0.2, 0.25) is 0 Å². The van der Waals surface area contributed by atoms with Gasteiger partial charge in [-0.3, -0.25) is 0 Å². The van der Waals surface area contributed by atoms with E-state index in [1.807, 2.05) is 14.0 Å². The molecule has 0 aliphatic carbocycles. The predicted molar refractivity (Wildman–Crippen MR) is 79.9 cm³/mol. The van der Waals surface area contributed by atoms with E-state index in [0.717, 1.165) is 12.2 Å². The van der Waals surface area contributed by atoms with E-state index in [1.54, 1.807) is 0 Å². The van der Waals surface area contributed by atoms with Gasteiger partial charge in [0, 0.05) is 12.0 Å². The van der Waals surface area contributed by atoms with Crippen LogP contribution in [-0.2, 0) is 0 Å². The van der Waals surface area contributed by atoms with Gasteiger partial charge in [0.2, 0.25) is 0 Å². The number of likely N-dealkylation sites (N-methyl/N-ethyl adjacent to an activating group) is 1. The van der Waals surface area contributed by atoms with Crippen molar-refractivity contribution in [1.82, 2.24) is 5.32 Å². The van der Waals surface area contributed by atoms with Crippen LogP contribution in [0.4, 0.5) is 0 Å². The Morgan fingerprint density at radius 1 is 1.37 bits per heavy atom. The van der Waals surface area contributed by atoms with Gasteiger partial charge in [-0.1, -0.05) is 26.0 Å². The molecule has 0 radical (unpaired) electrons. The minimum atomic E-state index is -0.276. The zero-order valence-corrected chi connectivity index (χ0v) is 12.8. The normalized spacial score (nSPS) is 14.5. The van der Waals surface area contributed by atoms with Crippen LogP contribution in [0.1, 0.15) is 44.2 Å². The van der Waals surface area contributed by atoms with Crippen LogP contribution in [0.3, 0.4) is 0 Å². The van der Waals surface area contributed by atoms with Crippen LogP contribution in [-0.4, -0.2) is 30.9 Å². The van der Waals surface area contributed by atoms with Gasteiger partial charge >= 0.3 is 0 Å². The van der Waals surface area contributed by atoms with Gasteiger partial charge in [-0.05, 0) is 44.0 Å². The van der Waals surface area contributed by atoms with Gasteiger partial charge in [-0.25, -0.2) is 0 Å². The molecular formula is C16H27NO2. The summed E-state index contributed by atoms with van der Waals surface area (Å²) in [5.41, 5.74) is 2.17. The first-order chi connectivity index (χ1) is 8.91. The summed E-state index contributed by atoms with van der Waals surface area (Å²) in [5.74, 6) is 1.41. The van der Waals surface area contributed by atoms with E-state index in [-0.39, 0.29) is 12.1 Å². The molecule has 1 atom stereocenters. The van der Waals surface area contributed by atoms with E-state index in [4.69, 9.17) is 4.74 Å². The molecule has 2 N–H and O–H groups in total. The molecule has 0 fully saturated rings. The standard InChI is InChI=1S/C16H27NO2/c1-12(2)14-7-6-13(3)10-15(14)19-9-8-16(4,11-18)17-5/h6-7,10,12,17-18H,8-9,11H2,1-5H3. The van der Waals surface area contributed by atoms with Crippen molar-refractivity contribution in [3.05, 3.63) is 29.3 Å². The second-order valence-corrected chi connectivity index (χ2v) is 5.76. The summed E-state index contributed by atoms with van der Waals surface area (Å²) in [6.07, 6.45) is 0.769. The van der Waals surface area contributed by atoms with E-state index in [9.17, 15) is 5.11 Å². The van der Waals surface area contributed by atoms with Gasteiger partial charge in [-0.2, -0.15) is 0 Å². The maximum Gasteiger partial charge on any atom is 0.123 e. The zero-order chi connectivity index (χ0) is 14.5. The first-order valence-electron chi connectivity index (χ1n) is 6.95. The Hall–Kier alpha value is -1.06. The molecule has 3 nitrogen and oxygen atoms in total. The summed E-state index contributed by atoms with van der Waals surface area (Å²) in [6, 6.07) is 6.34. The molecule has 0 spiro atoms. The third-order valence-corrected chi connectivity index (χ3v) is 3.66. The summed E-state index contributed by atoms with van der Waals surface area (Å²) in [5, 5.41) is 12.5. The van der Waals surface area contributed by atoms with Crippen molar-refractivity contribution in [1.29, 1.82) is 0 Å². The summed E-state index contributed by atoms with van der Waals surface area (Å²) < 4.78 is 5.93. The first kappa shape index (κ1) is 16.0. The number of aliphatic hydroxyl groups excluding tert-OH is 1. The lowest BCUT2D eigenvalue weighted by Gasteiger charge is -2.27. The molecule has 1 rings (SSSR count). The number of rotatable bonds is 7. The van der Waals surface area contributed by atoms with E-state index in [2.05, 4.69) is 44.3 Å². The highest BCUT2D eigenvalue weighted by Gasteiger charge is 2.20. The average Bonchev–Trinajstić information content (AvgIpc) is 2.38. The molecule has 1 aromatic carbocycles. The Morgan fingerprint density at radius 2 is 2.05 bits per heavy atom. The second kappa shape index (κ2) is 6.92. The third-order valence-electron chi connectivity index (χ3n) is 3.66. The van der Waals surface area contributed by atoms with Crippen molar-refractivity contribution in [2.24, 2.45) is 0 Å². The molecule has 0 aliphatic rings. The zero-order valence-electron chi connectivity index (χ0n) is 12.8. The quantitative estimate of drug-likeness (QED) is 0.796. The lowest BCUT2D eigenvalue weighted by molar-refractivity contribution is 0.150. The molecule has 0 heterocycles. The molecule has 1 aromatic rings. The summed E-state index contributed by atoms with van der Waals surface area (Å²) >= 11 is 0. The molecule has 0 bridgehead atoms. The third kappa shape index (κ3) is 4.51. The van der Waals surface area contributed by atoms with Crippen LogP contribution in [0.5, 0.6) is 5.75 Å².